The van der Waals surface area contributed by atoms with E-state index >= 15 is 0 Å². The van der Waals surface area contributed by atoms with E-state index in [1.165, 1.54) is 0 Å². The molecular weight excluding hydrogens is 420 g/mol. The highest BCUT2D eigenvalue weighted by molar-refractivity contribution is 5.94. The fourth-order valence-corrected chi connectivity index (χ4v) is 4.00. The number of benzene rings is 2. The average Bonchev–Trinajstić information content (AvgIpc) is 2.89. The number of rotatable bonds is 7. The van der Waals surface area contributed by atoms with Crippen molar-refractivity contribution >= 4 is 17.4 Å². The first-order valence-electron chi connectivity index (χ1n) is 10.9. The van der Waals surface area contributed by atoms with E-state index in [1.54, 1.807) is 39.5 Å². The molecule has 1 saturated heterocycles. The molecule has 2 aromatic carbocycles. The maximum Gasteiger partial charge on any atom is 0.227 e. The zero-order chi connectivity index (χ0) is 23.2. The third-order valence-corrected chi connectivity index (χ3v) is 5.89. The number of carbonyl (C=O) groups excluding carboxylic acids is 1. The highest BCUT2D eigenvalue weighted by Gasteiger charge is 2.26. The predicted molar refractivity (Wildman–Crippen MR) is 127 cm³/mol. The van der Waals surface area contributed by atoms with Crippen molar-refractivity contribution in [1.82, 2.24) is 10.2 Å². The second-order valence-corrected chi connectivity index (χ2v) is 7.79. The minimum atomic E-state index is -0.0751. The Hall–Kier alpha value is -3.81. The molecular formula is C25H28N4O4. The minimum absolute atomic E-state index is 0.00396. The summed E-state index contributed by atoms with van der Waals surface area (Å²) in [7, 11) is 4.81. The van der Waals surface area contributed by atoms with E-state index in [0.717, 1.165) is 48.8 Å². The summed E-state index contributed by atoms with van der Waals surface area (Å²) in [6, 6.07) is 17.0. The molecule has 2 heterocycles. The van der Waals surface area contributed by atoms with Crippen molar-refractivity contribution in [1.29, 1.82) is 0 Å². The molecule has 172 valence electrons. The minimum Gasteiger partial charge on any atom is -0.497 e. The number of piperidine rings is 1. The fraction of sp³-hybridized carbons (Fsp3) is 0.320. The van der Waals surface area contributed by atoms with Gasteiger partial charge in [-0.05, 0) is 49.2 Å². The number of amides is 1. The first-order chi connectivity index (χ1) is 16.1. The lowest BCUT2D eigenvalue weighted by Gasteiger charge is -2.32. The average molecular weight is 449 g/mol. The number of para-hydroxylation sites is 1. The predicted octanol–water partition coefficient (Wildman–Crippen LogP) is 4.02. The van der Waals surface area contributed by atoms with E-state index < -0.39 is 0 Å². The van der Waals surface area contributed by atoms with Crippen LogP contribution in [0.2, 0.25) is 0 Å². The number of nitrogens with one attached hydrogen (secondary N) is 1. The summed E-state index contributed by atoms with van der Waals surface area (Å²) in [5.74, 6) is 2.75. The molecule has 0 unspecified atom stereocenters. The van der Waals surface area contributed by atoms with Crippen molar-refractivity contribution in [2.45, 2.75) is 12.8 Å². The molecule has 1 N–H and O–H groups in total. The van der Waals surface area contributed by atoms with Crippen LogP contribution in [0.1, 0.15) is 12.8 Å². The third kappa shape index (κ3) is 5.00. The fourth-order valence-electron chi connectivity index (χ4n) is 4.00. The summed E-state index contributed by atoms with van der Waals surface area (Å²) >= 11 is 0. The number of ether oxygens (including phenoxy) is 3. The van der Waals surface area contributed by atoms with Crippen LogP contribution in [-0.2, 0) is 4.79 Å². The van der Waals surface area contributed by atoms with Gasteiger partial charge >= 0.3 is 0 Å². The molecule has 1 aliphatic rings. The molecule has 0 spiro atoms. The summed E-state index contributed by atoms with van der Waals surface area (Å²) in [5.41, 5.74) is 2.31. The van der Waals surface area contributed by atoms with E-state index in [4.69, 9.17) is 14.2 Å². The summed E-state index contributed by atoms with van der Waals surface area (Å²) < 4.78 is 16.0. The highest BCUT2D eigenvalue weighted by atomic mass is 16.5. The Bertz CT molecular complexity index is 1100. The lowest BCUT2D eigenvalue weighted by molar-refractivity contribution is -0.120. The van der Waals surface area contributed by atoms with Crippen LogP contribution in [-0.4, -0.2) is 50.5 Å². The van der Waals surface area contributed by atoms with Gasteiger partial charge in [-0.3, -0.25) is 4.79 Å². The van der Waals surface area contributed by atoms with Crippen molar-refractivity contribution < 1.29 is 19.0 Å². The number of methoxy groups -OCH3 is 3. The number of anilines is 2. The van der Waals surface area contributed by atoms with Gasteiger partial charge in [-0.1, -0.05) is 12.1 Å². The molecule has 8 heteroatoms. The molecule has 33 heavy (non-hydrogen) atoms. The van der Waals surface area contributed by atoms with Crippen molar-refractivity contribution in [2.75, 3.05) is 44.6 Å². The van der Waals surface area contributed by atoms with Gasteiger partial charge in [-0.2, -0.15) is 0 Å². The first kappa shape index (κ1) is 22.4. The third-order valence-electron chi connectivity index (χ3n) is 5.89. The molecule has 0 aliphatic carbocycles. The van der Waals surface area contributed by atoms with Crippen molar-refractivity contribution in [3.63, 3.8) is 0 Å². The van der Waals surface area contributed by atoms with Crippen LogP contribution < -0.4 is 24.4 Å². The number of nitrogens with zero attached hydrogens (tertiary/aromatic N) is 3. The number of carbonyl (C=O) groups is 1. The van der Waals surface area contributed by atoms with Gasteiger partial charge in [0.25, 0.3) is 0 Å². The number of hydrogen-bond donors (Lipinski definition) is 1. The Kier molecular flexibility index (Phi) is 6.92. The molecule has 8 nitrogen and oxygen atoms in total. The van der Waals surface area contributed by atoms with Crippen LogP contribution >= 0.6 is 0 Å². The Balaban J connectivity index is 1.36. The number of hydrogen-bond acceptors (Lipinski definition) is 7. The normalized spacial score (nSPS) is 14.0. The highest BCUT2D eigenvalue weighted by Crippen LogP contribution is 2.31. The molecule has 1 fully saturated rings. The summed E-state index contributed by atoms with van der Waals surface area (Å²) in [6.45, 7) is 1.47. The monoisotopic (exact) mass is 448 g/mol. The Morgan fingerprint density at radius 3 is 2.33 bits per heavy atom. The SMILES string of the molecule is COc1ccc(NC(=O)C2CCN(c3ccc(-c4ccccc4OC)nn3)CC2)c(OC)c1. The second kappa shape index (κ2) is 10.2. The van der Waals surface area contributed by atoms with Crippen LogP contribution in [0.5, 0.6) is 17.2 Å². The maximum absolute atomic E-state index is 12.8. The molecule has 1 aromatic heterocycles. The smallest absolute Gasteiger partial charge is 0.227 e. The van der Waals surface area contributed by atoms with E-state index in [9.17, 15) is 4.79 Å². The second-order valence-electron chi connectivity index (χ2n) is 7.79. The van der Waals surface area contributed by atoms with Gasteiger partial charge in [-0.25, -0.2) is 0 Å². The van der Waals surface area contributed by atoms with Crippen molar-refractivity contribution in [3.05, 3.63) is 54.6 Å². The molecule has 0 atom stereocenters. The van der Waals surface area contributed by atoms with Gasteiger partial charge in [0.2, 0.25) is 5.91 Å². The summed E-state index contributed by atoms with van der Waals surface area (Å²) in [5, 5.41) is 11.8. The van der Waals surface area contributed by atoms with Gasteiger partial charge in [0, 0.05) is 30.6 Å². The summed E-state index contributed by atoms with van der Waals surface area (Å²) in [6.07, 6.45) is 1.47. The van der Waals surface area contributed by atoms with E-state index in [0.29, 0.717) is 17.2 Å². The van der Waals surface area contributed by atoms with Gasteiger partial charge in [0.05, 0.1) is 32.7 Å². The largest absolute Gasteiger partial charge is 0.497 e. The molecule has 0 saturated carbocycles. The zero-order valence-electron chi connectivity index (χ0n) is 19.1. The topological polar surface area (TPSA) is 85.8 Å². The molecule has 0 bridgehead atoms. The molecule has 1 aliphatic heterocycles. The standard InChI is InChI=1S/C25H28N4O4/c1-31-18-8-9-21(23(16-18)33-3)26-25(30)17-12-14-29(15-13-17)24-11-10-20(27-28-24)19-6-4-5-7-22(19)32-2/h4-11,16-17H,12-15H2,1-3H3,(H,26,30). The van der Waals surface area contributed by atoms with Gasteiger partial charge in [-0.15, -0.1) is 10.2 Å². The van der Waals surface area contributed by atoms with Crippen molar-refractivity contribution in [3.8, 4) is 28.5 Å². The van der Waals surface area contributed by atoms with E-state index in [2.05, 4.69) is 20.4 Å². The van der Waals surface area contributed by atoms with Crippen LogP contribution in [0, 0.1) is 5.92 Å². The molecule has 0 radical (unpaired) electrons. The lowest BCUT2D eigenvalue weighted by Crippen LogP contribution is -2.38. The maximum atomic E-state index is 12.8. The van der Waals surface area contributed by atoms with Gasteiger partial charge in [0.15, 0.2) is 5.82 Å². The molecule has 1 amide bonds. The van der Waals surface area contributed by atoms with Crippen molar-refractivity contribution in [2.24, 2.45) is 5.92 Å². The van der Waals surface area contributed by atoms with Crippen LogP contribution in [0.3, 0.4) is 0 Å². The van der Waals surface area contributed by atoms with Gasteiger partial charge in [0.1, 0.15) is 17.2 Å². The van der Waals surface area contributed by atoms with E-state index in [-0.39, 0.29) is 11.8 Å². The number of aromatic nitrogens is 2. The van der Waals surface area contributed by atoms with Gasteiger partial charge < -0.3 is 24.4 Å². The summed E-state index contributed by atoms with van der Waals surface area (Å²) in [4.78, 5) is 15.0. The van der Waals surface area contributed by atoms with E-state index in [1.807, 2.05) is 36.4 Å². The Morgan fingerprint density at radius 1 is 0.909 bits per heavy atom. The Morgan fingerprint density at radius 2 is 1.67 bits per heavy atom. The Labute approximate surface area is 193 Å². The molecule has 4 rings (SSSR count). The zero-order valence-corrected chi connectivity index (χ0v) is 19.1. The quantitative estimate of drug-likeness (QED) is 0.584. The van der Waals surface area contributed by atoms with Crippen LogP contribution in [0.15, 0.2) is 54.6 Å². The van der Waals surface area contributed by atoms with Crippen LogP contribution in [0.4, 0.5) is 11.5 Å². The first-order valence-corrected chi connectivity index (χ1v) is 10.9. The molecule has 3 aromatic rings. The van der Waals surface area contributed by atoms with Crippen LogP contribution in [0.25, 0.3) is 11.3 Å². The lowest BCUT2D eigenvalue weighted by atomic mass is 9.95.